The van der Waals surface area contributed by atoms with Gasteiger partial charge < -0.3 is 30.4 Å². The number of fused-ring (bicyclic) bond motifs is 1. The second-order valence-corrected chi connectivity index (χ2v) is 9.65. The van der Waals surface area contributed by atoms with Crippen LogP contribution in [0, 0.1) is 0 Å². The average Bonchev–Trinajstić information content (AvgIpc) is 3.27. The van der Waals surface area contributed by atoms with Gasteiger partial charge in [-0.2, -0.15) is 5.10 Å². The summed E-state index contributed by atoms with van der Waals surface area (Å²) in [6.45, 7) is 3.47. The molecule has 3 aromatic rings. The molecule has 2 heterocycles. The van der Waals surface area contributed by atoms with Crippen molar-refractivity contribution in [3.8, 4) is 17.2 Å². The first-order valence-corrected chi connectivity index (χ1v) is 11.9. The van der Waals surface area contributed by atoms with Gasteiger partial charge in [0.05, 0.1) is 47.9 Å². The van der Waals surface area contributed by atoms with Crippen molar-refractivity contribution in [2.24, 2.45) is 5.73 Å². The van der Waals surface area contributed by atoms with Crippen LogP contribution in [-0.4, -0.2) is 58.0 Å². The fraction of sp³-hybridized carbons (Fsp3) is 0.423. The van der Waals surface area contributed by atoms with E-state index in [2.05, 4.69) is 10.4 Å². The first-order chi connectivity index (χ1) is 17.1. The molecule has 1 fully saturated rings. The largest absolute Gasteiger partial charge is 0.497 e. The Bertz CT molecular complexity index is 1240. The molecule has 1 aromatic carbocycles. The van der Waals surface area contributed by atoms with Crippen LogP contribution < -0.4 is 25.3 Å². The molecule has 0 aliphatic heterocycles. The van der Waals surface area contributed by atoms with Crippen LogP contribution in [0.3, 0.4) is 0 Å². The Morgan fingerprint density at radius 3 is 2.53 bits per heavy atom. The van der Waals surface area contributed by atoms with E-state index in [4.69, 9.17) is 19.9 Å². The maximum atomic E-state index is 13.0. The van der Waals surface area contributed by atoms with E-state index in [0.717, 1.165) is 25.7 Å². The van der Waals surface area contributed by atoms with Crippen LogP contribution in [0.4, 0.5) is 0 Å². The molecule has 1 saturated carbocycles. The molecule has 2 amide bonds. The molecule has 1 aliphatic carbocycles. The van der Waals surface area contributed by atoms with E-state index in [-0.39, 0.29) is 30.2 Å². The maximum Gasteiger partial charge on any atom is 0.255 e. The lowest BCUT2D eigenvalue weighted by Gasteiger charge is -2.30. The molecule has 4 N–H and O–H groups in total. The predicted molar refractivity (Wildman–Crippen MR) is 133 cm³/mol. The molecule has 10 heteroatoms. The van der Waals surface area contributed by atoms with E-state index in [9.17, 15) is 14.7 Å². The summed E-state index contributed by atoms with van der Waals surface area (Å²) >= 11 is 0. The topological polar surface area (TPSA) is 137 Å². The molecule has 0 radical (unpaired) electrons. The molecule has 10 nitrogen and oxygen atoms in total. The van der Waals surface area contributed by atoms with Crippen LogP contribution in [-0.2, 0) is 0 Å². The number of hydrogen-bond donors (Lipinski definition) is 3. The van der Waals surface area contributed by atoms with Crippen LogP contribution in [0.5, 0.6) is 17.2 Å². The minimum absolute atomic E-state index is 0.00757. The molecule has 0 bridgehead atoms. The zero-order valence-corrected chi connectivity index (χ0v) is 20.7. The summed E-state index contributed by atoms with van der Waals surface area (Å²) in [6, 6.07) is 8.53. The molecule has 0 saturated heterocycles. The van der Waals surface area contributed by atoms with Gasteiger partial charge in [-0.15, -0.1) is 0 Å². The third-order valence-electron chi connectivity index (χ3n) is 6.08. The highest BCUT2D eigenvalue weighted by molar-refractivity contribution is 6.00. The monoisotopic (exact) mass is 496 g/mol. The fourth-order valence-corrected chi connectivity index (χ4v) is 4.18. The molecule has 0 atom stereocenters. The summed E-state index contributed by atoms with van der Waals surface area (Å²) < 4.78 is 18.4. The van der Waals surface area contributed by atoms with Gasteiger partial charge in [-0.05, 0) is 69.9 Å². The van der Waals surface area contributed by atoms with Crippen LogP contribution >= 0.6 is 0 Å². The molecule has 0 spiro atoms. The van der Waals surface area contributed by atoms with Gasteiger partial charge in [-0.1, -0.05) is 0 Å². The Hall–Kier alpha value is -3.79. The van der Waals surface area contributed by atoms with E-state index >= 15 is 0 Å². The number of ether oxygens (including phenoxy) is 3. The minimum Gasteiger partial charge on any atom is -0.497 e. The highest BCUT2D eigenvalue weighted by atomic mass is 16.5. The second-order valence-electron chi connectivity index (χ2n) is 9.65. The summed E-state index contributed by atoms with van der Waals surface area (Å²) in [4.78, 5) is 24.8. The number of methoxy groups -OCH3 is 1. The number of benzene rings is 1. The molecule has 4 rings (SSSR count). The Morgan fingerprint density at radius 2 is 1.86 bits per heavy atom. The Labute approximate surface area is 209 Å². The number of amides is 2. The van der Waals surface area contributed by atoms with Crippen LogP contribution in [0.25, 0.3) is 5.52 Å². The number of primary amides is 1. The SMILES string of the molecule is COc1ccc(OC2CCC(NC(=O)c3cnn4cc(OCC(C)(C)O)ccc34)CC2)c(C(N)=O)c1. The molecule has 1 aliphatic rings. The van der Waals surface area contributed by atoms with E-state index < -0.39 is 11.5 Å². The fourth-order valence-electron chi connectivity index (χ4n) is 4.18. The van der Waals surface area contributed by atoms with E-state index in [0.29, 0.717) is 28.3 Å². The van der Waals surface area contributed by atoms with Gasteiger partial charge in [-0.25, -0.2) is 4.52 Å². The highest BCUT2D eigenvalue weighted by Gasteiger charge is 2.26. The summed E-state index contributed by atoms with van der Waals surface area (Å²) in [5.74, 6) is 0.760. The van der Waals surface area contributed by atoms with Gasteiger partial charge in [0.25, 0.3) is 11.8 Å². The number of hydrogen-bond acceptors (Lipinski definition) is 7. The van der Waals surface area contributed by atoms with Gasteiger partial charge in [0.2, 0.25) is 0 Å². The van der Waals surface area contributed by atoms with E-state index in [1.165, 1.54) is 13.3 Å². The van der Waals surface area contributed by atoms with E-state index in [1.54, 1.807) is 54.9 Å². The van der Waals surface area contributed by atoms with Gasteiger partial charge in [0.1, 0.15) is 23.9 Å². The number of nitrogens with two attached hydrogens (primary N) is 1. The number of rotatable bonds is 9. The summed E-state index contributed by atoms with van der Waals surface area (Å²) in [6.07, 6.45) is 6.08. The van der Waals surface area contributed by atoms with Crippen molar-refractivity contribution in [1.29, 1.82) is 0 Å². The number of nitrogens with one attached hydrogen (secondary N) is 1. The van der Waals surface area contributed by atoms with Crippen molar-refractivity contribution < 1.29 is 28.9 Å². The minimum atomic E-state index is -0.951. The number of carbonyl (C=O) groups is 2. The lowest BCUT2D eigenvalue weighted by atomic mass is 9.92. The first kappa shape index (κ1) is 25.3. The quantitative estimate of drug-likeness (QED) is 0.414. The lowest BCUT2D eigenvalue weighted by Crippen LogP contribution is -2.39. The molecular weight excluding hydrogens is 464 g/mol. The molecule has 0 unspecified atom stereocenters. The summed E-state index contributed by atoms with van der Waals surface area (Å²) in [5, 5.41) is 17.2. The maximum absolute atomic E-state index is 13.0. The molecule has 2 aromatic heterocycles. The second kappa shape index (κ2) is 10.4. The zero-order valence-electron chi connectivity index (χ0n) is 20.7. The number of carbonyl (C=O) groups excluding carboxylic acids is 2. The molecule has 192 valence electrons. The Kier molecular flexibility index (Phi) is 7.35. The Balaban J connectivity index is 1.33. The smallest absolute Gasteiger partial charge is 0.255 e. The van der Waals surface area contributed by atoms with Crippen LogP contribution in [0.1, 0.15) is 60.2 Å². The zero-order chi connectivity index (χ0) is 25.9. The van der Waals surface area contributed by atoms with E-state index in [1.807, 2.05) is 0 Å². The van der Waals surface area contributed by atoms with Gasteiger partial charge >= 0.3 is 0 Å². The predicted octanol–water partition coefficient (Wildman–Crippen LogP) is 2.71. The third-order valence-corrected chi connectivity index (χ3v) is 6.08. The highest BCUT2D eigenvalue weighted by Crippen LogP contribution is 2.29. The Morgan fingerprint density at radius 1 is 1.14 bits per heavy atom. The van der Waals surface area contributed by atoms with Crippen molar-refractivity contribution in [1.82, 2.24) is 14.9 Å². The van der Waals surface area contributed by atoms with Gasteiger partial charge in [0, 0.05) is 6.04 Å². The third kappa shape index (κ3) is 6.06. The van der Waals surface area contributed by atoms with Gasteiger partial charge in [-0.3, -0.25) is 9.59 Å². The van der Waals surface area contributed by atoms with Crippen molar-refractivity contribution in [3.05, 3.63) is 53.9 Å². The summed E-state index contributed by atoms with van der Waals surface area (Å²) in [7, 11) is 1.52. The van der Waals surface area contributed by atoms with Crippen LogP contribution in [0.2, 0.25) is 0 Å². The van der Waals surface area contributed by atoms with Gasteiger partial charge in [0.15, 0.2) is 0 Å². The van der Waals surface area contributed by atoms with Crippen molar-refractivity contribution in [2.75, 3.05) is 13.7 Å². The van der Waals surface area contributed by atoms with Crippen molar-refractivity contribution >= 4 is 17.3 Å². The van der Waals surface area contributed by atoms with Crippen molar-refractivity contribution in [3.63, 3.8) is 0 Å². The van der Waals surface area contributed by atoms with Crippen molar-refractivity contribution in [2.45, 2.75) is 57.3 Å². The molecular formula is C26H32N4O6. The molecule has 36 heavy (non-hydrogen) atoms. The first-order valence-electron chi connectivity index (χ1n) is 11.9. The summed E-state index contributed by atoms with van der Waals surface area (Å²) in [5.41, 5.74) is 5.98. The number of aromatic nitrogens is 2. The number of pyridine rings is 1. The van der Waals surface area contributed by atoms with Crippen LogP contribution in [0.15, 0.2) is 42.7 Å². The number of nitrogens with zero attached hydrogens (tertiary/aromatic N) is 2. The average molecular weight is 497 g/mol. The standard InChI is InChI=1S/C26H32N4O6/c1-26(2,33)15-35-19-8-10-22-21(13-28-30(22)14-19)25(32)29-16-4-6-17(7-5-16)36-23-11-9-18(34-3)12-20(23)24(27)31/h8-14,16-17,33H,4-7,15H2,1-3H3,(H2,27,31)(H,29,32). The lowest BCUT2D eigenvalue weighted by molar-refractivity contribution is 0.0283. The number of aliphatic hydroxyl groups is 1. The normalized spacial score (nSPS) is 18.0.